The molecule has 6 heteroatoms. The first-order valence-corrected chi connectivity index (χ1v) is 8.17. The second-order valence-corrected chi connectivity index (χ2v) is 6.74. The Balaban J connectivity index is 2.40. The molecule has 0 aromatic heterocycles. The number of rotatable bonds is 3. The third-order valence-corrected chi connectivity index (χ3v) is 4.99. The van der Waals surface area contributed by atoms with Gasteiger partial charge in [-0.3, -0.25) is 0 Å². The SMILES string of the molecule is COc1c(C(C)Cl)cc(Cl)c(C)c1C1CCN(C(=O)O)CC1. The van der Waals surface area contributed by atoms with Crippen LogP contribution in [0.4, 0.5) is 4.79 Å². The Labute approximate surface area is 141 Å². The number of likely N-dealkylation sites (tertiary alicyclic amines) is 1. The monoisotopic (exact) mass is 345 g/mol. The van der Waals surface area contributed by atoms with Crippen molar-refractivity contribution in [2.24, 2.45) is 0 Å². The van der Waals surface area contributed by atoms with Gasteiger partial charge in [-0.25, -0.2) is 4.79 Å². The molecule has 1 amide bonds. The number of hydrogen-bond acceptors (Lipinski definition) is 2. The van der Waals surface area contributed by atoms with Gasteiger partial charge in [0.1, 0.15) is 5.75 Å². The molecule has 122 valence electrons. The van der Waals surface area contributed by atoms with Gasteiger partial charge in [0.25, 0.3) is 0 Å². The molecule has 4 nitrogen and oxygen atoms in total. The van der Waals surface area contributed by atoms with Crippen LogP contribution in [0.15, 0.2) is 6.07 Å². The highest BCUT2D eigenvalue weighted by Crippen LogP contribution is 2.44. The Hall–Kier alpha value is -1.13. The Bertz CT molecular complexity index is 567. The Morgan fingerprint density at radius 3 is 2.50 bits per heavy atom. The van der Waals surface area contributed by atoms with Crippen LogP contribution in [-0.4, -0.2) is 36.3 Å². The maximum absolute atomic E-state index is 11.0. The normalized spacial score (nSPS) is 17.4. The zero-order valence-electron chi connectivity index (χ0n) is 13.0. The summed E-state index contributed by atoms with van der Waals surface area (Å²) in [7, 11) is 1.64. The molecule has 1 aromatic rings. The van der Waals surface area contributed by atoms with E-state index < -0.39 is 6.09 Å². The average molecular weight is 346 g/mol. The molecule has 0 aliphatic carbocycles. The van der Waals surface area contributed by atoms with Crippen LogP contribution in [0.2, 0.25) is 5.02 Å². The van der Waals surface area contributed by atoms with Gasteiger partial charge in [0.15, 0.2) is 0 Å². The van der Waals surface area contributed by atoms with E-state index in [0.717, 1.165) is 35.3 Å². The van der Waals surface area contributed by atoms with Gasteiger partial charge < -0.3 is 14.7 Å². The first-order chi connectivity index (χ1) is 10.4. The fraction of sp³-hybridized carbons (Fsp3) is 0.562. The van der Waals surface area contributed by atoms with Crippen molar-refractivity contribution in [3.63, 3.8) is 0 Å². The molecule has 1 saturated heterocycles. The quantitative estimate of drug-likeness (QED) is 0.799. The van der Waals surface area contributed by atoms with E-state index in [4.69, 9.17) is 33.0 Å². The Kier molecular flexibility index (Phi) is 5.45. The molecule has 1 aromatic carbocycles. The molecule has 0 spiro atoms. The number of hydrogen-bond donors (Lipinski definition) is 1. The van der Waals surface area contributed by atoms with Gasteiger partial charge in [0.05, 0.1) is 12.5 Å². The van der Waals surface area contributed by atoms with Gasteiger partial charge >= 0.3 is 6.09 Å². The maximum atomic E-state index is 11.0. The molecule has 0 saturated carbocycles. The number of methoxy groups -OCH3 is 1. The summed E-state index contributed by atoms with van der Waals surface area (Å²) in [4.78, 5) is 12.5. The summed E-state index contributed by atoms with van der Waals surface area (Å²) in [5.74, 6) is 1.02. The molecule has 0 bridgehead atoms. The first-order valence-electron chi connectivity index (χ1n) is 7.35. The van der Waals surface area contributed by atoms with Gasteiger partial charge in [0.2, 0.25) is 0 Å². The van der Waals surface area contributed by atoms with Crippen LogP contribution in [-0.2, 0) is 0 Å². The van der Waals surface area contributed by atoms with Crippen LogP contribution in [0.3, 0.4) is 0 Å². The van der Waals surface area contributed by atoms with Crippen LogP contribution in [0.25, 0.3) is 0 Å². The summed E-state index contributed by atoms with van der Waals surface area (Å²) in [5.41, 5.74) is 2.95. The van der Waals surface area contributed by atoms with E-state index in [-0.39, 0.29) is 11.3 Å². The van der Waals surface area contributed by atoms with Crippen molar-refractivity contribution in [2.45, 2.75) is 38.0 Å². The van der Waals surface area contributed by atoms with E-state index in [1.807, 2.05) is 19.9 Å². The highest BCUT2D eigenvalue weighted by Gasteiger charge is 2.29. The summed E-state index contributed by atoms with van der Waals surface area (Å²) in [5, 5.41) is 9.55. The summed E-state index contributed by atoms with van der Waals surface area (Å²) in [6.07, 6.45) is 0.670. The topological polar surface area (TPSA) is 49.8 Å². The van der Waals surface area contributed by atoms with Gasteiger partial charge in [-0.2, -0.15) is 0 Å². The Morgan fingerprint density at radius 2 is 2.05 bits per heavy atom. The largest absolute Gasteiger partial charge is 0.496 e. The zero-order chi connectivity index (χ0) is 16.4. The van der Waals surface area contributed by atoms with E-state index >= 15 is 0 Å². The fourth-order valence-electron chi connectivity index (χ4n) is 3.14. The third kappa shape index (κ3) is 3.28. The zero-order valence-corrected chi connectivity index (χ0v) is 14.5. The molecular formula is C16H21Cl2NO3. The van der Waals surface area contributed by atoms with E-state index in [1.165, 1.54) is 4.90 Å². The van der Waals surface area contributed by atoms with Crippen molar-refractivity contribution in [3.8, 4) is 5.75 Å². The molecule has 0 radical (unpaired) electrons. The molecule has 22 heavy (non-hydrogen) atoms. The lowest BCUT2D eigenvalue weighted by Crippen LogP contribution is -2.37. The van der Waals surface area contributed by atoms with Gasteiger partial charge in [-0.1, -0.05) is 11.6 Å². The number of ether oxygens (including phenoxy) is 1. The molecule has 1 heterocycles. The smallest absolute Gasteiger partial charge is 0.407 e. The number of carbonyl (C=O) groups is 1. The minimum atomic E-state index is -0.858. The molecule has 1 atom stereocenters. The lowest BCUT2D eigenvalue weighted by atomic mass is 9.84. The third-order valence-electron chi connectivity index (χ3n) is 4.36. The summed E-state index contributed by atoms with van der Waals surface area (Å²) < 4.78 is 5.63. The van der Waals surface area contributed by atoms with Gasteiger partial charge in [-0.05, 0) is 44.2 Å². The predicted molar refractivity (Wildman–Crippen MR) is 88.6 cm³/mol. The van der Waals surface area contributed by atoms with E-state index in [9.17, 15) is 4.79 Å². The molecule has 1 unspecified atom stereocenters. The highest BCUT2D eigenvalue weighted by molar-refractivity contribution is 6.31. The lowest BCUT2D eigenvalue weighted by Gasteiger charge is -2.32. The highest BCUT2D eigenvalue weighted by atomic mass is 35.5. The predicted octanol–water partition coefficient (Wildman–Crippen LogP) is 4.81. The standard InChI is InChI=1S/C16H21Cl2NO3/c1-9-13(18)8-12(10(2)17)15(22-3)14(9)11-4-6-19(7-5-11)16(20)21/h8,10-11H,4-7H2,1-3H3,(H,20,21). The Morgan fingerprint density at radius 1 is 1.45 bits per heavy atom. The number of alkyl halides is 1. The van der Waals surface area contributed by atoms with Gasteiger partial charge in [0, 0.05) is 29.2 Å². The van der Waals surface area contributed by atoms with Crippen LogP contribution in [0.1, 0.15) is 47.8 Å². The summed E-state index contributed by atoms with van der Waals surface area (Å²) in [6, 6.07) is 1.86. The minimum absolute atomic E-state index is 0.203. The molecular weight excluding hydrogens is 325 g/mol. The van der Waals surface area contributed by atoms with Crippen molar-refractivity contribution in [1.29, 1.82) is 0 Å². The number of halogens is 2. The number of carboxylic acid groups (broad SMARTS) is 1. The number of benzene rings is 1. The summed E-state index contributed by atoms with van der Waals surface area (Å²) in [6.45, 7) is 4.93. The van der Waals surface area contributed by atoms with Crippen LogP contribution in [0.5, 0.6) is 5.75 Å². The number of nitrogens with zero attached hydrogens (tertiary/aromatic N) is 1. The second kappa shape index (κ2) is 6.97. The lowest BCUT2D eigenvalue weighted by molar-refractivity contribution is 0.132. The average Bonchev–Trinajstić information content (AvgIpc) is 2.49. The van der Waals surface area contributed by atoms with Crippen molar-refractivity contribution in [3.05, 3.63) is 27.8 Å². The first kappa shape index (κ1) is 17.2. The fourth-order valence-corrected chi connectivity index (χ4v) is 3.52. The number of piperidine rings is 1. The van der Waals surface area contributed by atoms with Gasteiger partial charge in [-0.15, -0.1) is 11.6 Å². The van der Waals surface area contributed by atoms with Crippen LogP contribution >= 0.6 is 23.2 Å². The summed E-state index contributed by atoms with van der Waals surface area (Å²) >= 11 is 12.6. The van der Waals surface area contributed by atoms with Crippen LogP contribution in [0, 0.1) is 6.92 Å². The van der Waals surface area contributed by atoms with Crippen molar-refractivity contribution in [2.75, 3.05) is 20.2 Å². The van der Waals surface area contributed by atoms with E-state index in [1.54, 1.807) is 7.11 Å². The van der Waals surface area contributed by atoms with Crippen molar-refractivity contribution < 1.29 is 14.6 Å². The molecule has 1 aliphatic heterocycles. The molecule has 1 fully saturated rings. The van der Waals surface area contributed by atoms with E-state index in [2.05, 4.69) is 0 Å². The second-order valence-electron chi connectivity index (χ2n) is 5.68. The molecule has 1 N–H and O–H groups in total. The molecule has 2 rings (SSSR count). The minimum Gasteiger partial charge on any atom is -0.496 e. The number of amides is 1. The van der Waals surface area contributed by atoms with E-state index in [0.29, 0.717) is 18.1 Å². The van der Waals surface area contributed by atoms with Crippen LogP contribution < -0.4 is 4.74 Å². The van der Waals surface area contributed by atoms with Crippen molar-refractivity contribution in [1.82, 2.24) is 4.90 Å². The molecule has 1 aliphatic rings. The van der Waals surface area contributed by atoms with Crippen molar-refractivity contribution >= 4 is 29.3 Å². The maximum Gasteiger partial charge on any atom is 0.407 e.